The number of carbonyl (C=O) groups excluding carboxylic acids is 1. The van der Waals surface area contributed by atoms with Gasteiger partial charge in [-0.15, -0.1) is 0 Å². The minimum Gasteiger partial charge on any atom is -0.312 e. The van der Waals surface area contributed by atoms with Gasteiger partial charge in [-0.3, -0.25) is 24.6 Å². The fraction of sp³-hybridized carbons (Fsp3) is 0.333. The molecule has 0 bridgehead atoms. The fourth-order valence-electron chi connectivity index (χ4n) is 1.69. The largest absolute Gasteiger partial charge is 0.329 e. The van der Waals surface area contributed by atoms with Crippen molar-refractivity contribution in [2.75, 3.05) is 0 Å². The molecule has 2 aromatic rings. The zero-order chi connectivity index (χ0) is 13.4. The standard InChI is InChI=1S/C9H12N6O3/c1-4(7(16)13-10)15-3-11-6-5(15)8(17)12-9(18)14(6)2/h3-4H,10H2,1-2H3,(H,13,16)(H,12,17,18). The van der Waals surface area contributed by atoms with Crippen molar-refractivity contribution in [3.05, 3.63) is 27.2 Å². The molecule has 2 rings (SSSR count). The molecule has 9 nitrogen and oxygen atoms in total. The van der Waals surface area contributed by atoms with Crippen LogP contribution >= 0.6 is 0 Å². The van der Waals surface area contributed by atoms with Gasteiger partial charge in [-0.2, -0.15) is 0 Å². The number of amides is 1. The predicted octanol–water partition coefficient (Wildman–Crippen LogP) is -2.03. The highest BCUT2D eigenvalue weighted by Crippen LogP contribution is 2.12. The van der Waals surface area contributed by atoms with Gasteiger partial charge in [0.1, 0.15) is 6.04 Å². The van der Waals surface area contributed by atoms with Gasteiger partial charge in [0, 0.05) is 7.05 Å². The Bertz CT molecular complexity index is 724. The van der Waals surface area contributed by atoms with E-state index in [1.165, 1.54) is 22.5 Å². The maximum atomic E-state index is 11.8. The molecule has 0 saturated heterocycles. The van der Waals surface area contributed by atoms with Crippen LogP contribution in [0.4, 0.5) is 0 Å². The summed E-state index contributed by atoms with van der Waals surface area (Å²) in [7, 11) is 1.48. The highest BCUT2D eigenvalue weighted by atomic mass is 16.2. The molecule has 9 heteroatoms. The summed E-state index contributed by atoms with van der Waals surface area (Å²) in [4.78, 5) is 40.7. The number of hydrogen-bond acceptors (Lipinski definition) is 5. The first-order valence-electron chi connectivity index (χ1n) is 5.13. The third kappa shape index (κ3) is 1.61. The molecule has 1 atom stereocenters. The molecule has 0 aliphatic carbocycles. The van der Waals surface area contributed by atoms with E-state index in [-0.39, 0.29) is 11.2 Å². The van der Waals surface area contributed by atoms with E-state index < -0.39 is 23.2 Å². The molecule has 0 aliphatic rings. The molecular formula is C9H12N6O3. The van der Waals surface area contributed by atoms with Gasteiger partial charge in [-0.25, -0.2) is 15.6 Å². The van der Waals surface area contributed by atoms with Crippen molar-refractivity contribution in [1.29, 1.82) is 0 Å². The molecule has 2 aromatic heterocycles. The Morgan fingerprint density at radius 2 is 2.22 bits per heavy atom. The lowest BCUT2D eigenvalue weighted by Gasteiger charge is -2.11. The van der Waals surface area contributed by atoms with Crippen LogP contribution in [0.2, 0.25) is 0 Å². The van der Waals surface area contributed by atoms with Crippen LogP contribution in [0.25, 0.3) is 11.2 Å². The monoisotopic (exact) mass is 252 g/mol. The summed E-state index contributed by atoms with van der Waals surface area (Å²) in [5, 5.41) is 0. The van der Waals surface area contributed by atoms with E-state index >= 15 is 0 Å². The molecule has 1 amide bonds. The highest BCUT2D eigenvalue weighted by Gasteiger charge is 2.19. The number of hydrazine groups is 1. The number of imidazole rings is 1. The number of carbonyl (C=O) groups is 1. The summed E-state index contributed by atoms with van der Waals surface area (Å²) in [5.41, 5.74) is 1.19. The number of aromatic nitrogens is 4. The fourth-order valence-corrected chi connectivity index (χ4v) is 1.69. The second kappa shape index (κ2) is 4.11. The molecule has 0 aromatic carbocycles. The Balaban J connectivity index is 2.76. The van der Waals surface area contributed by atoms with Gasteiger partial charge in [-0.05, 0) is 6.92 Å². The number of nitrogens with two attached hydrogens (primary N) is 1. The Hall–Kier alpha value is -2.42. The van der Waals surface area contributed by atoms with Crippen molar-refractivity contribution in [3.63, 3.8) is 0 Å². The molecular weight excluding hydrogens is 240 g/mol. The van der Waals surface area contributed by atoms with E-state index in [1.54, 1.807) is 6.92 Å². The van der Waals surface area contributed by atoms with Gasteiger partial charge in [0.05, 0.1) is 6.33 Å². The van der Waals surface area contributed by atoms with Crippen molar-refractivity contribution in [1.82, 2.24) is 24.5 Å². The molecule has 18 heavy (non-hydrogen) atoms. The first-order chi connectivity index (χ1) is 8.47. The van der Waals surface area contributed by atoms with E-state index in [0.29, 0.717) is 0 Å². The van der Waals surface area contributed by atoms with E-state index in [1.807, 2.05) is 5.43 Å². The van der Waals surface area contributed by atoms with Gasteiger partial charge >= 0.3 is 5.69 Å². The lowest BCUT2D eigenvalue weighted by Crippen LogP contribution is -2.37. The molecule has 0 aliphatic heterocycles. The molecule has 0 saturated carbocycles. The Labute approximate surface area is 100 Å². The first kappa shape index (κ1) is 12.0. The Morgan fingerprint density at radius 3 is 2.83 bits per heavy atom. The van der Waals surface area contributed by atoms with Crippen LogP contribution in [0.5, 0.6) is 0 Å². The molecule has 0 radical (unpaired) electrons. The lowest BCUT2D eigenvalue weighted by molar-refractivity contribution is -0.123. The van der Waals surface area contributed by atoms with Crippen molar-refractivity contribution in [3.8, 4) is 0 Å². The number of fused-ring (bicyclic) bond motifs is 1. The Morgan fingerprint density at radius 1 is 1.56 bits per heavy atom. The highest BCUT2D eigenvalue weighted by molar-refractivity contribution is 5.81. The van der Waals surface area contributed by atoms with Crippen molar-refractivity contribution >= 4 is 17.1 Å². The number of H-pyrrole nitrogens is 1. The zero-order valence-corrected chi connectivity index (χ0v) is 9.80. The van der Waals surface area contributed by atoms with Crippen LogP contribution in [0.1, 0.15) is 13.0 Å². The van der Waals surface area contributed by atoms with Crippen LogP contribution in [-0.2, 0) is 11.8 Å². The molecule has 4 N–H and O–H groups in total. The number of aryl methyl sites for hydroxylation is 1. The average molecular weight is 252 g/mol. The van der Waals surface area contributed by atoms with Gasteiger partial charge in [0.25, 0.3) is 11.5 Å². The summed E-state index contributed by atoms with van der Waals surface area (Å²) in [6.07, 6.45) is 1.32. The van der Waals surface area contributed by atoms with Crippen LogP contribution in [0.3, 0.4) is 0 Å². The number of nitrogens with one attached hydrogen (secondary N) is 2. The first-order valence-corrected chi connectivity index (χ1v) is 5.13. The minimum atomic E-state index is -0.710. The summed E-state index contributed by atoms with van der Waals surface area (Å²) in [6, 6.07) is -0.710. The summed E-state index contributed by atoms with van der Waals surface area (Å²) in [5.74, 6) is 4.57. The number of aromatic amines is 1. The van der Waals surface area contributed by atoms with Crippen LogP contribution in [-0.4, -0.2) is 25.0 Å². The van der Waals surface area contributed by atoms with Crippen LogP contribution in [0, 0.1) is 0 Å². The van der Waals surface area contributed by atoms with Crippen molar-refractivity contribution in [2.45, 2.75) is 13.0 Å². The maximum absolute atomic E-state index is 11.8. The second-order valence-corrected chi connectivity index (χ2v) is 3.83. The third-order valence-corrected chi connectivity index (χ3v) is 2.77. The lowest BCUT2D eigenvalue weighted by atomic mass is 10.3. The summed E-state index contributed by atoms with van der Waals surface area (Å²) < 4.78 is 2.55. The molecule has 96 valence electrons. The van der Waals surface area contributed by atoms with Crippen LogP contribution < -0.4 is 22.5 Å². The number of rotatable bonds is 2. The van der Waals surface area contributed by atoms with Gasteiger partial charge in [-0.1, -0.05) is 0 Å². The SMILES string of the molecule is CC(C(=O)NN)n1cnc2c1c(=O)[nH]c(=O)n2C. The topological polar surface area (TPSA) is 128 Å². The van der Waals surface area contributed by atoms with Gasteiger partial charge in [0.15, 0.2) is 11.2 Å². The summed E-state index contributed by atoms with van der Waals surface area (Å²) >= 11 is 0. The summed E-state index contributed by atoms with van der Waals surface area (Å²) in [6.45, 7) is 1.56. The quantitative estimate of drug-likeness (QED) is 0.323. The predicted molar refractivity (Wildman–Crippen MR) is 62.6 cm³/mol. The van der Waals surface area contributed by atoms with Crippen molar-refractivity contribution in [2.24, 2.45) is 12.9 Å². The minimum absolute atomic E-state index is 0.146. The van der Waals surface area contributed by atoms with E-state index in [2.05, 4.69) is 9.97 Å². The van der Waals surface area contributed by atoms with E-state index in [9.17, 15) is 14.4 Å². The van der Waals surface area contributed by atoms with Gasteiger partial charge in [0.2, 0.25) is 0 Å². The number of nitrogens with zero attached hydrogens (tertiary/aromatic N) is 3. The van der Waals surface area contributed by atoms with E-state index in [0.717, 1.165) is 0 Å². The van der Waals surface area contributed by atoms with E-state index in [4.69, 9.17) is 5.84 Å². The van der Waals surface area contributed by atoms with Crippen molar-refractivity contribution < 1.29 is 4.79 Å². The Kier molecular flexibility index (Phi) is 2.75. The molecule has 2 heterocycles. The third-order valence-electron chi connectivity index (χ3n) is 2.77. The molecule has 1 unspecified atom stereocenters. The maximum Gasteiger partial charge on any atom is 0.329 e. The molecule has 0 fully saturated rings. The smallest absolute Gasteiger partial charge is 0.312 e. The van der Waals surface area contributed by atoms with Crippen LogP contribution in [0.15, 0.2) is 15.9 Å². The number of hydrogen-bond donors (Lipinski definition) is 3. The average Bonchev–Trinajstić information content (AvgIpc) is 2.79. The normalized spacial score (nSPS) is 12.6. The second-order valence-electron chi connectivity index (χ2n) is 3.83. The zero-order valence-electron chi connectivity index (χ0n) is 9.80. The van der Waals surface area contributed by atoms with Gasteiger partial charge < -0.3 is 4.57 Å². The molecule has 0 spiro atoms.